The number of thiocarbonyl (C=S) groups is 1. The highest BCUT2D eigenvalue weighted by Gasteiger charge is 2.10. The summed E-state index contributed by atoms with van der Waals surface area (Å²) in [6, 6.07) is 10.6. The Hall–Kier alpha value is -1.39. The lowest BCUT2D eigenvalue weighted by Crippen LogP contribution is -1.96. The van der Waals surface area contributed by atoms with Gasteiger partial charge in [0.05, 0.1) is 17.7 Å². The van der Waals surface area contributed by atoms with Crippen LogP contribution in [0.3, 0.4) is 0 Å². The summed E-state index contributed by atoms with van der Waals surface area (Å²) < 4.78 is 5.12. The predicted octanol–water partition coefficient (Wildman–Crippen LogP) is 5.25. The van der Waals surface area contributed by atoms with E-state index in [4.69, 9.17) is 17.0 Å². The van der Waals surface area contributed by atoms with Crippen LogP contribution >= 0.6 is 23.6 Å². The lowest BCUT2D eigenvalue weighted by atomic mass is 10.0. The van der Waals surface area contributed by atoms with Crippen molar-refractivity contribution >= 4 is 40.0 Å². The first kappa shape index (κ1) is 15.0. The first-order valence-corrected chi connectivity index (χ1v) is 7.79. The van der Waals surface area contributed by atoms with E-state index >= 15 is 0 Å². The van der Waals surface area contributed by atoms with Crippen LogP contribution in [0.25, 0.3) is 0 Å². The van der Waals surface area contributed by atoms with Gasteiger partial charge in [-0.1, -0.05) is 26.0 Å². The molecule has 2 aromatic rings. The molecule has 0 bridgehead atoms. The van der Waals surface area contributed by atoms with Crippen molar-refractivity contribution in [1.82, 2.24) is 0 Å². The van der Waals surface area contributed by atoms with E-state index in [2.05, 4.69) is 50.4 Å². The van der Waals surface area contributed by atoms with Crippen molar-refractivity contribution in [2.24, 2.45) is 0 Å². The predicted molar refractivity (Wildman–Crippen MR) is 91.6 cm³/mol. The third-order valence-electron chi connectivity index (χ3n) is 3.14. The van der Waals surface area contributed by atoms with Gasteiger partial charge in [0.25, 0.3) is 0 Å². The Kier molecular flexibility index (Phi) is 4.78. The van der Waals surface area contributed by atoms with Gasteiger partial charge in [-0.15, -0.1) is 11.3 Å². The molecule has 2 nitrogen and oxygen atoms in total. The minimum Gasteiger partial charge on any atom is -0.486 e. The van der Waals surface area contributed by atoms with Crippen LogP contribution in [0, 0.1) is 6.92 Å². The molecule has 106 valence electrons. The largest absolute Gasteiger partial charge is 0.486 e. The number of methoxy groups -OCH3 is 1. The fraction of sp³-hybridized carbons (Fsp3) is 0.312. The molecule has 0 atom stereocenters. The fourth-order valence-corrected chi connectivity index (χ4v) is 3.02. The highest BCUT2D eigenvalue weighted by atomic mass is 32.1. The maximum absolute atomic E-state index is 5.17. The summed E-state index contributed by atoms with van der Waals surface area (Å²) in [5.74, 6) is 0.525. The van der Waals surface area contributed by atoms with Crippen molar-refractivity contribution in [2.45, 2.75) is 26.7 Å². The Morgan fingerprint density at radius 1 is 1.30 bits per heavy atom. The molecule has 0 saturated carbocycles. The molecule has 0 aliphatic rings. The van der Waals surface area contributed by atoms with E-state index in [1.165, 1.54) is 10.4 Å². The van der Waals surface area contributed by atoms with E-state index in [9.17, 15) is 0 Å². The van der Waals surface area contributed by atoms with Gasteiger partial charge in [0.2, 0.25) is 5.05 Å². The molecule has 1 aromatic heterocycles. The molecule has 0 fully saturated rings. The van der Waals surface area contributed by atoms with Gasteiger partial charge in [-0.05, 0) is 48.8 Å². The number of thiophene rings is 1. The van der Waals surface area contributed by atoms with Crippen molar-refractivity contribution in [2.75, 3.05) is 12.4 Å². The highest BCUT2D eigenvalue weighted by Crippen LogP contribution is 2.30. The molecule has 0 amide bonds. The van der Waals surface area contributed by atoms with Crippen molar-refractivity contribution < 1.29 is 4.74 Å². The number of hydrogen-bond acceptors (Lipinski definition) is 4. The van der Waals surface area contributed by atoms with Crippen LogP contribution in [-0.2, 0) is 4.74 Å². The zero-order chi connectivity index (χ0) is 14.7. The van der Waals surface area contributed by atoms with Crippen molar-refractivity contribution in [1.29, 1.82) is 0 Å². The summed E-state index contributed by atoms with van der Waals surface area (Å²) in [6.45, 7) is 6.48. The first-order valence-electron chi connectivity index (χ1n) is 6.57. The molecular formula is C16H19NOS2. The summed E-state index contributed by atoms with van der Waals surface area (Å²) in [5, 5.41) is 4.01. The lowest BCUT2D eigenvalue weighted by Gasteiger charge is -2.10. The number of anilines is 2. The van der Waals surface area contributed by atoms with Gasteiger partial charge in [0, 0.05) is 10.6 Å². The zero-order valence-corrected chi connectivity index (χ0v) is 13.8. The van der Waals surface area contributed by atoms with Gasteiger partial charge in [0.1, 0.15) is 0 Å². The van der Waals surface area contributed by atoms with Crippen LogP contribution in [0.5, 0.6) is 0 Å². The van der Waals surface area contributed by atoms with Gasteiger partial charge in [0.15, 0.2) is 0 Å². The molecule has 0 saturated heterocycles. The molecule has 1 aromatic carbocycles. The summed E-state index contributed by atoms with van der Waals surface area (Å²) in [7, 11) is 1.61. The Balaban J connectivity index is 2.24. The van der Waals surface area contributed by atoms with E-state index in [0.717, 1.165) is 16.3 Å². The standard InChI is InChI=1S/C16H19NOS2/c1-10(2)12-6-5-7-13(8-12)17-14-9-15(16(19)18-4)20-11(14)3/h5-10,17H,1-4H3. The van der Waals surface area contributed by atoms with Crippen molar-refractivity contribution in [3.8, 4) is 0 Å². The third-order valence-corrected chi connectivity index (χ3v) is 4.70. The van der Waals surface area contributed by atoms with Gasteiger partial charge in [-0.2, -0.15) is 0 Å². The number of aryl methyl sites for hydroxylation is 1. The van der Waals surface area contributed by atoms with E-state index < -0.39 is 0 Å². The Morgan fingerprint density at radius 3 is 2.70 bits per heavy atom. The Morgan fingerprint density at radius 2 is 2.05 bits per heavy atom. The van der Waals surface area contributed by atoms with Gasteiger partial charge in [-0.25, -0.2) is 0 Å². The van der Waals surface area contributed by atoms with E-state index in [1.807, 2.05) is 6.07 Å². The molecule has 2 rings (SSSR count). The minimum atomic E-state index is 0.525. The Labute approximate surface area is 129 Å². The van der Waals surface area contributed by atoms with Crippen LogP contribution in [-0.4, -0.2) is 12.2 Å². The number of ether oxygens (including phenoxy) is 1. The minimum absolute atomic E-state index is 0.525. The van der Waals surface area contributed by atoms with Gasteiger partial charge < -0.3 is 10.1 Å². The zero-order valence-electron chi connectivity index (χ0n) is 12.2. The second-order valence-corrected chi connectivity index (χ2v) is 6.60. The summed E-state index contributed by atoms with van der Waals surface area (Å²) >= 11 is 6.82. The first-order chi connectivity index (χ1) is 9.51. The summed E-state index contributed by atoms with van der Waals surface area (Å²) in [6.07, 6.45) is 0. The van der Waals surface area contributed by atoms with Crippen LogP contribution in [0.1, 0.15) is 35.1 Å². The second kappa shape index (κ2) is 6.37. The monoisotopic (exact) mass is 305 g/mol. The van der Waals surface area contributed by atoms with Crippen molar-refractivity contribution in [3.05, 3.63) is 45.6 Å². The summed E-state index contributed by atoms with van der Waals surface area (Å²) in [5.41, 5.74) is 3.52. The second-order valence-electron chi connectivity index (χ2n) is 4.98. The maximum atomic E-state index is 5.17. The Bertz CT molecular complexity index is 617. The summed E-state index contributed by atoms with van der Waals surface area (Å²) in [4.78, 5) is 2.19. The van der Waals surface area contributed by atoms with E-state index in [0.29, 0.717) is 11.0 Å². The molecule has 0 radical (unpaired) electrons. The van der Waals surface area contributed by atoms with Crippen LogP contribution in [0.4, 0.5) is 11.4 Å². The number of hydrogen-bond donors (Lipinski definition) is 1. The number of nitrogens with one attached hydrogen (secondary N) is 1. The van der Waals surface area contributed by atoms with Crippen LogP contribution < -0.4 is 5.32 Å². The SMILES string of the molecule is COC(=S)c1cc(Nc2cccc(C(C)C)c2)c(C)s1. The molecule has 1 N–H and O–H groups in total. The topological polar surface area (TPSA) is 21.3 Å². The van der Waals surface area contributed by atoms with Gasteiger partial charge in [-0.3, -0.25) is 0 Å². The molecule has 0 unspecified atom stereocenters. The molecule has 20 heavy (non-hydrogen) atoms. The smallest absolute Gasteiger partial charge is 0.201 e. The lowest BCUT2D eigenvalue weighted by molar-refractivity contribution is 0.417. The fourth-order valence-electron chi connectivity index (χ4n) is 1.94. The molecule has 0 spiro atoms. The maximum Gasteiger partial charge on any atom is 0.201 e. The van der Waals surface area contributed by atoms with Crippen molar-refractivity contribution in [3.63, 3.8) is 0 Å². The molecule has 0 aliphatic carbocycles. The average Bonchev–Trinajstić information content (AvgIpc) is 2.79. The normalized spacial score (nSPS) is 10.7. The number of benzene rings is 1. The molecule has 4 heteroatoms. The molecule has 1 heterocycles. The highest BCUT2D eigenvalue weighted by molar-refractivity contribution is 7.80. The molecule has 0 aliphatic heterocycles. The van der Waals surface area contributed by atoms with Gasteiger partial charge >= 0.3 is 0 Å². The van der Waals surface area contributed by atoms with Crippen LogP contribution in [0.15, 0.2) is 30.3 Å². The van der Waals surface area contributed by atoms with E-state index in [1.54, 1.807) is 18.4 Å². The average molecular weight is 305 g/mol. The third kappa shape index (κ3) is 3.38. The number of rotatable bonds is 4. The van der Waals surface area contributed by atoms with Crippen LogP contribution in [0.2, 0.25) is 0 Å². The molecular weight excluding hydrogens is 286 g/mol. The van der Waals surface area contributed by atoms with E-state index in [-0.39, 0.29) is 0 Å². The quantitative estimate of drug-likeness (QED) is 0.780.